The van der Waals surface area contributed by atoms with Gasteiger partial charge in [0.25, 0.3) is 0 Å². The van der Waals surface area contributed by atoms with Crippen LogP contribution in [0.25, 0.3) is 11.3 Å². The van der Waals surface area contributed by atoms with Gasteiger partial charge in [-0.1, -0.05) is 90.0 Å². The van der Waals surface area contributed by atoms with Crippen LogP contribution in [-0.2, 0) is 5.66 Å². The minimum absolute atomic E-state index is 0.195. The molecule has 33 heavy (non-hydrogen) atoms. The van der Waals surface area contributed by atoms with E-state index in [0.29, 0.717) is 0 Å². The molecule has 3 aromatic carbocycles. The van der Waals surface area contributed by atoms with E-state index in [2.05, 4.69) is 127 Å². The summed E-state index contributed by atoms with van der Waals surface area (Å²) in [6.45, 7) is 5.27. The van der Waals surface area contributed by atoms with Gasteiger partial charge in [0.2, 0.25) is 0 Å². The Hall–Kier alpha value is -3.78. The molecule has 2 heteroatoms. The van der Waals surface area contributed by atoms with Crippen molar-refractivity contribution in [2.45, 2.75) is 25.6 Å². The topological polar surface area (TPSA) is 6.48 Å². The number of benzene rings is 3. The van der Waals surface area contributed by atoms with Gasteiger partial charge in [0.15, 0.2) is 5.66 Å². The Morgan fingerprint density at radius 1 is 0.879 bits per heavy atom. The molecule has 160 valence electrons. The number of hydrogen-bond donors (Lipinski definition) is 0. The molecule has 4 heterocycles. The van der Waals surface area contributed by atoms with Gasteiger partial charge < -0.3 is 9.80 Å². The van der Waals surface area contributed by atoms with Crippen LogP contribution in [0.4, 0.5) is 0 Å². The normalized spacial score (nSPS) is 23.8. The highest BCUT2D eigenvalue weighted by Gasteiger charge is 2.58. The number of fused-ring (bicyclic) bond motifs is 10. The smallest absolute Gasteiger partial charge is 0.168 e. The molecule has 2 unspecified atom stereocenters. The summed E-state index contributed by atoms with van der Waals surface area (Å²) in [5.41, 5.74) is 11.7. The Morgan fingerprint density at radius 3 is 2.48 bits per heavy atom. The third kappa shape index (κ3) is 2.38. The number of hydrogen-bond acceptors (Lipinski definition) is 2. The van der Waals surface area contributed by atoms with Crippen molar-refractivity contribution in [1.29, 1.82) is 0 Å². The van der Waals surface area contributed by atoms with Gasteiger partial charge in [0.05, 0.1) is 6.04 Å². The van der Waals surface area contributed by atoms with Gasteiger partial charge in [-0.3, -0.25) is 0 Å². The van der Waals surface area contributed by atoms with Gasteiger partial charge in [-0.2, -0.15) is 0 Å². The number of aryl methyl sites for hydroxylation is 2. The maximum Gasteiger partial charge on any atom is 0.168 e. The fourth-order valence-electron chi connectivity index (χ4n) is 6.43. The molecule has 0 radical (unpaired) electrons. The molecule has 0 amide bonds. The van der Waals surface area contributed by atoms with Crippen LogP contribution in [0.15, 0.2) is 103 Å². The van der Waals surface area contributed by atoms with Crippen molar-refractivity contribution in [3.8, 4) is 0 Å². The van der Waals surface area contributed by atoms with E-state index in [1.165, 1.54) is 50.2 Å². The molecule has 0 bridgehead atoms. The fraction of sp³-hybridized carbons (Fsp3) is 0.161. The predicted octanol–water partition coefficient (Wildman–Crippen LogP) is 6.70. The second-order valence-electron chi connectivity index (χ2n) is 9.56. The monoisotopic (exact) mass is 426 g/mol. The van der Waals surface area contributed by atoms with E-state index < -0.39 is 0 Å². The lowest BCUT2D eigenvalue weighted by molar-refractivity contribution is 0.0626. The Balaban J connectivity index is 1.47. The molecular formula is C31H26N2. The first-order valence-electron chi connectivity index (χ1n) is 11.8. The summed E-state index contributed by atoms with van der Waals surface area (Å²) in [6, 6.07) is 25.0. The fourth-order valence-corrected chi connectivity index (χ4v) is 6.43. The average molecular weight is 427 g/mol. The van der Waals surface area contributed by atoms with Crippen LogP contribution < -0.4 is 0 Å². The number of allylic oxidation sites excluding steroid dienone is 4. The summed E-state index contributed by atoms with van der Waals surface area (Å²) in [4.78, 5) is 5.18. The van der Waals surface area contributed by atoms with Crippen LogP contribution in [0.1, 0.15) is 45.0 Å². The molecule has 0 saturated carbocycles. The highest BCUT2D eigenvalue weighted by molar-refractivity contribution is 5.81. The van der Waals surface area contributed by atoms with Crippen LogP contribution in [-0.4, -0.2) is 16.3 Å². The highest BCUT2D eigenvalue weighted by Crippen LogP contribution is 2.60. The molecule has 0 fully saturated rings. The Labute approximate surface area is 195 Å². The van der Waals surface area contributed by atoms with E-state index in [9.17, 15) is 0 Å². The minimum atomic E-state index is -0.324. The molecule has 7 rings (SSSR count). The molecule has 4 aliphatic rings. The van der Waals surface area contributed by atoms with Crippen molar-refractivity contribution in [2.75, 3.05) is 6.54 Å². The quantitative estimate of drug-likeness (QED) is 0.427. The SMILES string of the molecule is Cc1cc(C)cc(C2=CC3c4ccccc4C4(c5ccccc5C5=CC=CCN54)N3C=C2)c1. The van der Waals surface area contributed by atoms with Crippen molar-refractivity contribution in [2.24, 2.45) is 0 Å². The molecule has 0 saturated heterocycles. The van der Waals surface area contributed by atoms with Crippen molar-refractivity contribution in [3.63, 3.8) is 0 Å². The van der Waals surface area contributed by atoms with Crippen molar-refractivity contribution >= 4 is 11.3 Å². The molecule has 2 nitrogen and oxygen atoms in total. The van der Waals surface area contributed by atoms with Crippen LogP contribution in [0.3, 0.4) is 0 Å². The molecular weight excluding hydrogens is 400 g/mol. The van der Waals surface area contributed by atoms with E-state index in [-0.39, 0.29) is 11.7 Å². The molecule has 0 aromatic heterocycles. The van der Waals surface area contributed by atoms with Gasteiger partial charge in [-0.25, -0.2) is 0 Å². The second-order valence-corrected chi connectivity index (χ2v) is 9.56. The van der Waals surface area contributed by atoms with E-state index in [1.54, 1.807) is 0 Å². The first kappa shape index (κ1) is 18.8. The van der Waals surface area contributed by atoms with Crippen LogP contribution in [0, 0.1) is 13.8 Å². The van der Waals surface area contributed by atoms with Crippen LogP contribution >= 0.6 is 0 Å². The molecule has 3 aromatic rings. The van der Waals surface area contributed by atoms with Gasteiger partial charge in [-0.05, 0) is 48.8 Å². The van der Waals surface area contributed by atoms with E-state index in [4.69, 9.17) is 0 Å². The van der Waals surface area contributed by atoms with Gasteiger partial charge in [0.1, 0.15) is 0 Å². The largest absolute Gasteiger partial charge is 0.337 e. The Morgan fingerprint density at radius 2 is 1.64 bits per heavy atom. The van der Waals surface area contributed by atoms with E-state index >= 15 is 0 Å². The van der Waals surface area contributed by atoms with Crippen LogP contribution in [0.5, 0.6) is 0 Å². The third-order valence-corrected chi connectivity index (χ3v) is 7.57. The lowest BCUT2D eigenvalue weighted by Crippen LogP contribution is -2.50. The maximum absolute atomic E-state index is 2.59. The zero-order valence-corrected chi connectivity index (χ0v) is 19.0. The van der Waals surface area contributed by atoms with Crippen molar-refractivity contribution in [1.82, 2.24) is 9.80 Å². The summed E-state index contributed by atoms with van der Waals surface area (Å²) in [5.74, 6) is 0. The first-order chi connectivity index (χ1) is 16.2. The van der Waals surface area contributed by atoms with Gasteiger partial charge in [0, 0.05) is 35.1 Å². The zero-order valence-electron chi connectivity index (χ0n) is 19.0. The summed E-state index contributed by atoms with van der Waals surface area (Å²) < 4.78 is 0. The summed E-state index contributed by atoms with van der Waals surface area (Å²) in [7, 11) is 0. The first-order valence-corrected chi connectivity index (χ1v) is 11.8. The maximum atomic E-state index is 2.59. The highest BCUT2D eigenvalue weighted by atomic mass is 15.4. The molecule has 0 aliphatic carbocycles. The summed E-state index contributed by atoms with van der Waals surface area (Å²) >= 11 is 0. The second kappa shape index (κ2) is 6.62. The number of nitrogens with zero attached hydrogens (tertiary/aromatic N) is 2. The molecule has 1 spiro atoms. The number of rotatable bonds is 1. The predicted molar refractivity (Wildman–Crippen MR) is 135 cm³/mol. The standard InChI is InChI=1S/C31H26N2/c1-21-17-22(2)19-24(18-21)23-14-16-33-30(20-23)26-10-4-6-12-28(26)31(33)27-11-5-3-9-25(27)29-13-7-8-15-32(29)31/h3-14,16-20,30H,15H2,1-2H3. The average Bonchev–Trinajstić information content (AvgIpc) is 3.31. The minimum Gasteiger partial charge on any atom is -0.337 e. The van der Waals surface area contributed by atoms with E-state index in [0.717, 1.165) is 6.54 Å². The van der Waals surface area contributed by atoms with Crippen molar-refractivity contribution in [3.05, 3.63) is 142 Å². The van der Waals surface area contributed by atoms with Gasteiger partial charge >= 0.3 is 0 Å². The summed E-state index contributed by atoms with van der Waals surface area (Å²) in [5, 5.41) is 0. The Kier molecular flexibility index (Phi) is 3.76. The molecule has 4 aliphatic heterocycles. The molecule has 0 N–H and O–H groups in total. The summed E-state index contributed by atoms with van der Waals surface area (Å²) in [6.07, 6.45) is 13.9. The Bertz CT molecular complexity index is 1420. The molecule has 2 atom stereocenters. The van der Waals surface area contributed by atoms with E-state index in [1.807, 2.05) is 0 Å². The zero-order chi connectivity index (χ0) is 22.2. The lowest BCUT2D eigenvalue weighted by Gasteiger charge is -2.47. The third-order valence-electron chi connectivity index (χ3n) is 7.57. The van der Waals surface area contributed by atoms with Crippen LogP contribution in [0.2, 0.25) is 0 Å². The lowest BCUT2D eigenvalue weighted by atomic mass is 9.90. The van der Waals surface area contributed by atoms with Crippen molar-refractivity contribution < 1.29 is 0 Å². The van der Waals surface area contributed by atoms with Gasteiger partial charge in [-0.15, -0.1) is 0 Å².